The second-order valence-corrected chi connectivity index (χ2v) is 8.46. The average molecular weight is 349 g/mol. The number of oxazole rings is 1. The Balaban J connectivity index is 1.88. The Morgan fingerprint density at radius 3 is 2.54 bits per heavy atom. The summed E-state index contributed by atoms with van der Waals surface area (Å²) in [6.45, 7) is 12.1. The smallest absolute Gasteiger partial charge is 0.213 e. The van der Waals surface area contributed by atoms with Crippen LogP contribution >= 0.6 is 11.3 Å². The zero-order chi connectivity index (χ0) is 17.8. The zero-order valence-corrected chi connectivity index (χ0v) is 16.3. The van der Waals surface area contributed by atoms with Crippen molar-refractivity contribution in [3.8, 4) is 0 Å². The largest absolute Gasteiger partial charge is 0.443 e. The van der Waals surface area contributed by atoms with Crippen molar-refractivity contribution in [2.45, 2.75) is 52.0 Å². The van der Waals surface area contributed by atoms with E-state index in [1.165, 1.54) is 4.88 Å². The van der Waals surface area contributed by atoms with Crippen LogP contribution in [0, 0.1) is 0 Å². The summed E-state index contributed by atoms with van der Waals surface area (Å²) in [5, 5.41) is 8.75. The van der Waals surface area contributed by atoms with Crippen LogP contribution in [-0.2, 0) is 17.4 Å². The molecule has 132 valence electrons. The van der Waals surface area contributed by atoms with E-state index in [1.54, 1.807) is 24.6 Å². The van der Waals surface area contributed by atoms with E-state index in [1.807, 2.05) is 0 Å². The summed E-state index contributed by atoms with van der Waals surface area (Å²) in [4.78, 5) is 9.95. The predicted molar refractivity (Wildman–Crippen MR) is 101 cm³/mol. The number of hydrogen-bond donors (Lipinski definition) is 2. The number of hydrogen-bond acceptors (Lipinski definition) is 4. The monoisotopic (exact) mass is 348 g/mol. The molecule has 0 fully saturated rings. The quantitative estimate of drug-likeness (QED) is 0.639. The minimum atomic E-state index is -0.0318. The molecule has 2 heterocycles. The average Bonchev–Trinajstić information content (AvgIpc) is 3.18. The fourth-order valence-electron chi connectivity index (χ4n) is 2.17. The van der Waals surface area contributed by atoms with Gasteiger partial charge in [-0.3, -0.25) is 4.99 Å². The molecule has 2 aromatic heterocycles. The molecule has 0 amide bonds. The van der Waals surface area contributed by atoms with Gasteiger partial charge in [-0.15, -0.1) is 11.3 Å². The Morgan fingerprint density at radius 2 is 2.00 bits per heavy atom. The summed E-state index contributed by atoms with van der Waals surface area (Å²) < 4.78 is 5.79. The van der Waals surface area contributed by atoms with E-state index in [9.17, 15) is 0 Å². The Kier molecular flexibility index (Phi) is 5.70. The third kappa shape index (κ3) is 4.84. The second-order valence-electron chi connectivity index (χ2n) is 7.51. The lowest BCUT2D eigenvalue weighted by Crippen LogP contribution is -2.43. The molecule has 0 aromatic carbocycles. The van der Waals surface area contributed by atoms with Crippen LogP contribution in [-0.4, -0.2) is 24.5 Å². The van der Waals surface area contributed by atoms with Gasteiger partial charge in [-0.25, -0.2) is 4.98 Å². The Labute approximate surface area is 148 Å². The fourth-order valence-corrected chi connectivity index (χ4v) is 3.03. The minimum Gasteiger partial charge on any atom is -0.443 e. The molecule has 24 heavy (non-hydrogen) atoms. The summed E-state index contributed by atoms with van der Waals surface area (Å²) in [7, 11) is 1.77. The number of aliphatic imine (C=N–C) groups is 1. The molecular weight excluding hydrogens is 320 g/mol. The maximum Gasteiger partial charge on any atom is 0.213 e. The summed E-state index contributed by atoms with van der Waals surface area (Å²) in [6, 6.07) is 4.26. The molecule has 0 bridgehead atoms. The van der Waals surface area contributed by atoms with Crippen LogP contribution in [0.4, 0.5) is 0 Å². The third-order valence-corrected chi connectivity index (χ3v) is 5.05. The molecule has 0 aliphatic heterocycles. The number of nitrogens with one attached hydrogen (secondary N) is 2. The van der Waals surface area contributed by atoms with Gasteiger partial charge in [0.2, 0.25) is 5.89 Å². The van der Waals surface area contributed by atoms with Gasteiger partial charge in [0.25, 0.3) is 0 Å². The first kappa shape index (κ1) is 18.5. The molecule has 0 atom stereocenters. The highest BCUT2D eigenvalue weighted by Crippen LogP contribution is 2.26. The Hall–Kier alpha value is -1.82. The molecule has 2 N–H and O–H groups in total. The van der Waals surface area contributed by atoms with Gasteiger partial charge in [0.05, 0.1) is 12.7 Å². The molecule has 2 aromatic rings. The van der Waals surface area contributed by atoms with Crippen LogP contribution in [0.5, 0.6) is 0 Å². The first-order chi connectivity index (χ1) is 11.2. The molecule has 0 unspecified atom stereocenters. The summed E-state index contributed by atoms with van der Waals surface area (Å²) in [5.74, 6) is 2.30. The van der Waals surface area contributed by atoms with Gasteiger partial charge in [0.15, 0.2) is 5.96 Å². The third-order valence-electron chi connectivity index (χ3n) is 3.81. The molecule has 0 aliphatic carbocycles. The summed E-state index contributed by atoms with van der Waals surface area (Å²) in [5.41, 5.74) is 0.0179. The van der Waals surface area contributed by atoms with Gasteiger partial charge < -0.3 is 15.1 Å². The lowest BCUT2D eigenvalue weighted by atomic mass is 9.91. The lowest BCUT2D eigenvalue weighted by Gasteiger charge is -2.24. The van der Waals surface area contributed by atoms with Crippen molar-refractivity contribution in [1.29, 1.82) is 0 Å². The first-order valence-corrected chi connectivity index (χ1v) is 9.04. The molecule has 2 rings (SSSR count). The maximum atomic E-state index is 5.79. The molecule has 0 spiro atoms. The van der Waals surface area contributed by atoms with Crippen molar-refractivity contribution in [2.75, 3.05) is 13.6 Å². The van der Waals surface area contributed by atoms with Crippen LogP contribution < -0.4 is 10.6 Å². The number of guanidine groups is 1. The van der Waals surface area contributed by atoms with E-state index >= 15 is 0 Å². The molecule has 0 aliphatic rings. The van der Waals surface area contributed by atoms with Gasteiger partial charge in [-0.2, -0.15) is 0 Å². The van der Waals surface area contributed by atoms with Gasteiger partial charge in [0, 0.05) is 29.3 Å². The van der Waals surface area contributed by atoms with Gasteiger partial charge in [-0.1, -0.05) is 40.7 Å². The van der Waals surface area contributed by atoms with E-state index in [0.717, 1.165) is 18.3 Å². The van der Waals surface area contributed by atoms with Crippen LogP contribution in [0.1, 0.15) is 51.1 Å². The van der Waals surface area contributed by atoms with E-state index in [4.69, 9.17) is 4.42 Å². The molecule has 0 saturated heterocycles. The van der Waals surface area contributed by atoms with Crippen molar-refractivity contribution in [3.63, 3.8) is 0 Å². The van der Waals surface area contributed by atoms with Crippen molar-refractivity contribution in [2.24, 2.45) is 4.99 Å². The number of thiophene rings is 1. The summed E-state index contributed by atoms with van der Waals surface area (Å²) >= 11 is 1.78. The maximum absolute atomic E-state index is 5.79. The Morgan fingerprint density at radius 1 is 1.25 bits per heavy atom. The molecule has 0 radical (unpaired) electrons. The first-order valence-electron chi connectivity index (χ1n) is 8.16. The van der Waals surface area contributed by atoms with E-state index in [-0.39, 0.29) is 10.8 Å². The normalized spacial score (nSPS) is 13.2. The van der Waals surface area contributed by atoms with E-state index in [2.05, 4.69) is 72.7 Å². The second kappa shape index (κ2) is 7.38. The topological polar surface area (TPSA) is 62.5 Å². The van der Waals surface area contributed by atoms with Gasteiger partial charge in [-0.05, 0) is 11.4 Å². The van der Waals surface area contributed by atoms with Gasteiger partial charge in [0.1, 0.15) is 5.76 Å². The van der Waals surface area contributed by atoms with Crippen LogP contribution in [0.2, 0.25) is 0 Å². The van der Waals surface area contributed by atoms with Crippen molar-refractivity contribution in [3.05, 3.63) is 40.2 Å². The van der Waals surface area contributed by atoms with Crippen molar-refractivity contribution in [1.82, 2.24) is 15.6 Å². The SMILES string of the molecule is CN=C(NCc1ncc(C(C)(C)C)o1)NCC(C)(C)c1cccs1. The predicted octanol–water partition coefficient (Wildman–Crippen LogP) is 3.68. The molecule has 5 nitrogen and oxygen atoms in total. The number of rotatable bonds is 5. The van der Waals surface area contributed by atoms with Gasteiger partial charge >= 0.3 is 0 Å². The minimum absolute atomic E-state index is 0.0318. The van der Waals surface area contributed by atoms with Crippen LogP contribution in [0.3, 0.4) is 0 Å². The highest BCUT2D eigenvalue weighted by atomic mass is 32.1. The lowest BCUT2D eigenvalue weighted by molar-refractivity contribution is 0.379. The van der Waals surface area contributed by atoms with Crippen molar-refractivity contribution >= 4 is 17.3 Å². The number of aromatic nitrogens is 1. The van der Waals surface area contributed by atoms with Crippen LogP contribution in [0.15, 0.2) is 33.1 Å². The summed E-state index contributed by atoms with van der Waals surface area (Å²) in [6.07, 6.45) is 1.80. The van der Waals surface area contributed by atoms with E-state index < -0.39 is 0 Å². The molecule has 6 heteroatoms. The van der Waals surface area contributed by atoms with E-state index in [0.29, 0.717) is 12.4 Å². The standard InChI is InChI=1S/C18H28N4OS/c1-17(2,3)13-10-20-15(23-13)11-21-16(19-6)22-12-18(4,5)14-8-7-9-24-14/h7-10H,11-12H2,1-6H3,(H2,19,21,22). The molecule has 0 saturated carbocycles. The fraction of sp³-hybridized carbons (Fsp3) is 0.556. The van der Waals surface area contributed by atoms with Crippen molar-refractivity contribution < 1.29 is 4.42 Å². The zero-order valence-electron chi connectivity index (χ0n) is 15.4. The number of nitrogens with zero attached hydrogens (tertiary/aromatic N) is 2. The highest BCUT2D eigenvalue weighted by Gasteiger charge is 2.22. The Bertz CT molecular complexity index is 666. The highest BCUT2D eigenvalue weighted by molar-refractivity contribution is 7.10. The molecular formula is C18H28N4OS. The van der Waals surface area contributed by atoms with Crippen LogP contribution in [0.25, 0.3) is 0 Å².